The Morgan fingerprint density at radius 2 is 1.83 bits per heavy atom. The Hall–Kier alpha value is -0.820. The van der Waals surface area contributed by atoms with Crippen molar-refractivity contribution in [3.8, 4) is 0 Å². The van der Waals surface area contributed by atoms with Crippen molar-refractivity contribution in [1.82, 2.24) is 0 Å². The molecule has 0 saturated carbocycles. The average Bonchev–Trinajstić information content (AvgIpc) is 2.28. The van der Waals surface area contributed by atoms with Crippen molar-refractivity contribution in [2.75, 3.05) is 6.54 Å². The highest BCUT2D eigenvalue weighted by Crippen LogP contribution is 2.26. The molecule has 0 saturated heterocycles. The summed E-state index contributed by atoms with van der Waals surface area (Å²) in [4.78, 5) is 0. The molecule has 0 bridgehead atoms. The molecule has 0 aliphatic heterocycles. The predicted molar refractivity (Wildman–Crippen MR) is 81.1 cm³/mol. The lowest BCUT2D eigenvalue weighted by Gasteiger charge is -2.22. The van der Waals surface area contributed by atoms with Crippen LogP contribution in [0.3, 0.4) is 0 Å². The third-order valence-corrected chi connectivity index (χ3v) is 3.68. The van der Waals surface area contributed by atoms with Gasteiger partial charge in [0.05, 0.1) is 0 Å². The molecule has 102 valence electrons. The molecule has 1 heteroatoms. The molecule has 1 aromatic rings. The molecule has 1 rings (SSSR count). The smallest absolute Gasteiger partial charge is 0.00746 e. The van der Waals surface area contributed by atoms with E-state index in [-0.39, 0.29) is 5.41 Å². The second-order valence-corrected chi connectivity index (χ2v) is 6.47. The third-order valence-electron chi connectivity index (χ3n) is 3.68. The lowest BCUT2D eigenvalue weighted by atomic mass is 9.83. The van der Waals surface area contributed by atoms with E-state index >= 15 is 0 Å². The maximum Gasteiger partial charge on any atom is -0.00746 e. The number of hydrogen-bond donors (Lipinski definition) is 1. The van der Waals surface area contributed by atoms with E-state index in [1.54, 1.807) is 0 Å². The second-order valence-electron chi connectivity index (χ2n) is 6.47. The molecule has 0 fully saturated rings. The van der Waals surface area contributed by atoms with Crippen LogP contribution in [0.4, 0.5) is 0 Å². The lowest BCUT2D eigenvalue weighted by molar-refractivity contribution is 0.533. The van der Waals surface area contributed by atoms with Crippen molar-refractivity contribution in [3.63, 3.8) is 0 Å². The van der Waals surface area contributed by atoms with Crippen LogP contribution in [0.25, 0.3) is 0 Å². The molecule has 0 radical (unpaired) electrons. The van der Waals surface area contributed by atoms with Gasteiger partial charge in [-0.1, -0.05) is 52.8 Å². The fraction of sp³-hybridized carbons (Fsp3) is 0.647. The lowest BCUT2D eigenvalue weighted by Crippen LogP contribution is -2.14. The maximum absolute atomic E-state index is 5.65. The van der Waals surface area contributed by atoms with Gasteiger partial charge in [0.1, 0.15) is 0 Å². The van der Waals surface area contributed by atoms with Gasteiger partial charge >= 0.3 is 0 Å². The monoisotopic (exact) mass is 247 g/mol. The van der Waals surface area contributed by atoms with Crippen LogP contribution < -0.4 is 5.73 Å². The van der Waals surface area contributed by atoms with Crippen molar-refractivity contribution in [2.45, 2.75) is 59.3 Å². The second kappa shape index (κ2) is 6.38. The minimum atomic E-state index is 0.234. The molecule has 0 aliphatic rings. The first-order valence-electron chi connectivity index (χ1n) is 7.20. The summed E-state index contributed by atoms with van der Waals surface area (Å²) in [6.07, 6.45) is 3.39. The van der Waals surface area contributed by atoms with E-state index in [1.807, 2.05) is 0 Å². The van der Waals surface area contributed by atoms with Gasteiger partial charge in [-0.05, 0) is 53.8 Å². The van der Waals surface area contributed by atoms with Crippen LogP contribution in [0.1, 0.15) is 57.7 Å². The van der Waals surface area contributed by atoms with Crippen LogP contribution in [0.2, 0.25) is 0 Å². The van der Waals surface area contributed by atoms with Crippen LogP contribution in [-0.2, 0) is 18.3 Å². The minimum absolute atomic E-state index is 0.234. The molecule has 1 aromatic carbocycles. The minimum Gasteiger partial charge on any atom is -0.330 e. The first-order valence-corrected chi connectivity index (χ1v) is 7.20. The third kappa shape index (κ3) is 4.13. The molecule has 1 nitrogen and oxygen atoms in total. The summed E-state index contributed by atoms with van der Waals surface area (Å²) in [7, 11) is 0. The van der Waals surface area contributed by atoms with E-state index in [2.05, 4.69) is 52.8 Å². The van der Waals surface area contributed by atoms with Crippen molar-refractivity contribution in [3.05, 3.63) is 34.9 Å². The van der Waals surface area contributed by atoms with E-state index in [1.165, 1.54) is 16.7 Å². The number of benzene rings is 1. The molecule has 1 atom stereocenters. The molecule has 1 unspecified atom stereocenters. The zero-order chi connectivity index (χ0) is 13.8. The van der Waals surface area contributed by atoms with Gasteiger partial charge < -0.3 is 5.73 Å². The molecular formula is C17H29N. The zero-order valence-electron chi connectivity index (χ0n) is 12.7. The van der Waals surface area contributed by atoms with Gasteiger partial charge in [0.2, 0.25) is 0 Å². The summed E-state index contributed by atoms with van der Waals surface area (Å²) < 4.78 is 0. The summed E-state index contributed by atoms with van der Waals surface area (Å²) in [5.74, 6) is 0.676. The molecule has 18 heavy (non-hydrogen) atoms. The first kappa shape index (κ1) is 15.2. The number of aryl methyl sites for hydroxylation is 1. The molecule has 0 heterocycles. The fourth-order valence-electron chi connectivity index (χ4n) is 2.39. The predicted octanol–water partition coefficient (Wildman–Crippen LogP) is 4.07. The molecule has 2 N–H and O–H groups in total. The summed E-state index contributed by atoms with van der Waals surface area (Å²) in [5, 5.41) is 0. The fourth-order valence-corrected chi connectivity index (χ4v) is 2.39. The molecular weight excluding hydrogens is 218 g/mol. The van der Waals surface area contributed by atoms with Gasteiger partial charge in [0, 0.05) is 0 Å². The normalized spacial score (nSPS) is 13.7. The zero-order valence-corrected chi connectivity index (χ0v) is 12.7. The van der Waals surface area contributed by atoms with Gasteiger partial charge in [-0.25, -0.2) is 0 Å². The standard InChI is InChI=1S/C17H29N/c1-6-14-7-8-16(17(3,4)5)12-15(14)11-13(2)9-10-18/h7-8,12-13H,6,9-11,18H2,1-5H3. The van der Waals surface area contributed by atoms with Crippen LogP contribution in [-0.4, -0.2) is 6.54 Å². The molecule has 0 amide bonds. The van der Waals surface area contributed by atoms with Crippen molar-refractivity contribution >= 4 is 0 Å². The maximum atomic E-state index is 5.65. The average molecular weight is 247 g/mol. The Bertz CT molecular complexity index is 374. The Kier molecular flexibility index (Phi) is 5.40. The quantitative estimate of drug-likeness (QED) is 0.834. The topological polar surface area (TPSA) is 26.0 Å². The SMILES string of the molecule is CCc1ccc(C(C)(C)C)cc1CC(C)CCN. The highest BCUT2D eigenvalue weighted by molar-refractivity contribution is 5.35. The van der Waals surface area contributed by atoms with Crippen LogP contribution >= 0.6 is 0 Å². The van der Waals surface area contributed by atoms with Gasteiger partial charge in [-0.15, -0.1) is 0 Å². The van der Waals surface area contributed by atoms with E-state index in [9.17, 15) is 0 Å². The van der Waals surface area contributed by atoms with Crippen LogP contribution in [0.15, 0.2) is 18.2 Å². The van der Waals surface area contributed by atoms with Crippen molar-refractivity contribution < 1.29 is 0 Å². The molecule has 0 aliphatic carbocycles. The van der Waals surface area contributed by atoms with E-state index in [0.717, 1.165) is 25.8 Å². The Morgan fingerprint density at radius 3 is 2.33 bits per heavy atom. The van der Waals surface area contributed by atoms with Gasteiger partial charge in [0.25, 0.3) is 0 Å². The molecule has 0 aromatic heterocycles. The van der Waals surface area contributed by atoms with Crippen molar-refractivity contribution in [2.24, 2.45) is 11.7 Å². The summed E-state index contributed by atoms with van der Waals surface area (Å²) in [6.45, 7) is 12.2. The summed E-state index contributed by atoms with van der Waals surface area (Å²) in [6, 6.07) is 7.01. The largest absolute Gasteiger partial charge is 0.330 e. The number of nitrogens with two attached hydrogens (primary N) is 1. The van der Waals surface area contributed by atoms with Gasteiger partial charge in [-0.3, -0.25) is 0 Å². The first-order chi connectivity index (χ1) is 8.38. The van der Waals surface area contributed by atoms with Gasteiger partial charge in [0.15, 0.2) is 0 Å². The molecule has 0 spiro atoms. The van der Waals surface area contributed by atoms with E-state index < -0.39 is 0 Å². The summed E-state index contributed by atoms with van der Waals surface area (Å²) >= 11 is 0. The Labute approximate surface area is 113 Å². The van der Waals surface area contributed by atoms with Gasteiger partial charge in [-0.2, -0.15) is 0 Å². The highest BCUT2D eigenvalue weighted by atomic mass is 14.5. The van der Waals surface area contributed by atoms with E-state index in [0.29, 0.717) is 5.92 Å². The number of hydrogen-bond acceptors (Lipinski definition) is 1. The Morgan fingerprint density at radius 1 is 1.17 bits per heavy atom. The van der Waals surface area contributed by atoms with Crippen LogP contribution in [0, 0.1) is 5.92 Å². The number of rotatable bonds is 5. The summed E-state index contributed by atoms with van der Waals surface area (Å²) in [5.41, 5.74) is 10.3. The van der Waals surface area contributed by atoms with E-state index in [4.69, 9.17) is 5.73 Å². The highest BCUT2D eigenvalue weighted by Gasteiger charge is 2.16. The van der Waals surface area contributed by atoms with Crippen molar-refractivity contribution in [1.29, 1.82) is 0 Å². The Balaban J connectivity index is 2.99. The van der Waals surface area contributed by atoms with Crippen LogP contribution in [0.5, 0.6) is 0 Å².